The van der Waals surface area contributed by atoms with Gasteiger partial charge in [0.25, 0.3) is 5.91 Å². The zero-order valence-corrected chi connectivity index (χ0v) is 18.0. The summed E-state index contributed by atoms with van der Waals surface area (Å²) in [5.74, 6) is -2.13. The molecular weight excluding hydrogens is 406 g/mol. The zero-order chi connectivity index (χ0) is 23.7. The van der Waals surface area contributed by atoms with Crippen molar-refractivity contribution >= 4 is 30.9 Å². The first-order chi connectivity index (χ1) is 14.8. The van der Waals surface area contributed by atoms with Crippen molar-refractivity contribution in [3.8, 4) is 0 Å². The number of hydrogen-bond donors (Lipinski definition) is 2. The van der Waals surface area contributed by atoms with Crippen LogP contribution >= 0.6 is 0 Å². The third-order valence-corrected chi connectivity index (χ3v) is 5.14. The SMILES string of the molecule is C=O.C=O.Cc1ccc(C(=O)Nc2cc(C)c(F)c(F)c2)cc1N1CCC(O)C(C)C1. The summed E-state index contributed by atoms with van der Waals surface area (Å²) in [7, 11) is 0. The topological polar surface area (TPSA) is 86.7 Å². The summed E-state index contributed by atoms with van der Waals surface area (Å²) in [6.07, 6.45) is 0.384. The maximum atomic E-state index is 13.6. The van der Waals surface area contributed by atoms with E-state index >= 15 is 0 Å². The van der Waals surface area contributed by atoms with Gasteiger partial charge in [-0.1, -0.05) is 13.0 Å². The van der Waals surface area contributed by atoms with Gasteiger partial charge in [-0.15, -0.1) is 0 Å². The number of halogens is 2. The van der Waals surface area contributed by atoms with E-state index in [9.17, 15) is 18.7 Å². The van der Waals surface area contributed by atoms with Crippen LogP contribution in [0, 0.1) is 31.4 Å². The Morgan fingerprint density at radius 2 is 1.74 bits per heavy atom. The highest BCUT2D eigenvalue weighted by Gasteiger charge is 2.25. The number of benzene rings is 2. The smallest absolute Gasteiger partial charge is 0.255 e. The van der Waals surface area contributed by atoms with Gasteiger partial charge in [0, 0.05) is 36.1 Å². The van der Waals surface area contributed by atoms with Crippen molar-refractivity contribution in [2.45, 2.75) is 33.3 Å². The molecule has 1 aliphatic heterocycles. The Morgan fingerprint density at radius 1 is 1.10 bits per heavy atom. The van der Waals surface area contributed by atoms with E-state index in [1.807, 2.05) is 39.6 Å². The monoisotopic (exact) mass is 434 g/mol. The van der Waals surface area contributed by atoms with E-state index in [2.05, 4.69) is 10.2 Å². The summed E-state index contributed by atoms with van der Waals surface area (Å²) in [6, 6.07) is 7.77. The van der Waals surface area contributed by atoms with Gasteiger partial charge in [0.1, 0.15) is 13.6 Å². The van der Waals surface area contributed by atoms with Crippen LogP contribution in [-0.4, -0.2) is 43.8 Å². The number of nitrogens with zero attached hydrogens (tertiary/aromatic N) is 1. The molecule has 3 rings (SSSR count). The van der Waals surface area contributed by atoms with Crippen LogP contribution in [0.1, 0.15) is 34.8 Å². The first-order valence-electron chi connectivity index (χ1n) is 9.64. The molecule has 1 heterocycles. The minimum Gasteiger partial charge on any atom is -0.393 e. The normalized spacial score (nSPS) is 17.5. The molecule has 2 aromatic rings. The minimum atomic E-state index is -0.990. The van der Waals surface area contributed by atoms with Crippen molar-refractivity contribution in [3.63, 3.8) is 0 Å². The molecule has 1 fully saturated rings. The second-order valence-electron chi connectivity index (χ2n) is 7.32. The number of hydrogen-bond acceptors (Lipinski definition) is 5. The quantitative estimate of drug-likeness (QED) is 0.770. The lowest BCUT2D eigenvalue weighted by Crippen LogP contribution is -2.42. The standard InChI is InChI=1S/C21H24F2N2O2.2CH2O/c1-12-4-5-15(9-18(12)25-7-6-19(26)14(3)11-25)21(27)24-16-8-13(2)20(23)17(22)10-16;2*1-2/h4-5,8-10,14,19,26H,6-7,11H2,1-3H3,(H,24,27);2*1H2. The average Bonchev–Trinajstić information content (AvgIpc) is 2.77. The fraction of sp³-hybridized carbons (Fsp3) is 0.348. The van der Waals surface area contributed by atoms with E-state index < -0.39 is 11.6 Å². The third kappa shape index (κ3) is 6.42. The largest absolute Gasteiger partial charge is 0.393 e. The van der Waals surface area contributed by atoms with Crippen LogP contribution in [0.2, 0.25) is 0 Å². The summed E-state index contributed by atoms with van der Waals surface area (Å²) in [6.45, 7) is 10.9. The van der Waals surface area contributed by atoms with E-state index in [1.54, 1.807) is 6.07 Å². The minimum absolute atomic E-state index is 0.135. The van der Waals surface area contributed by atoms with Gasteiger partial charge in [-0.2, -0.15) is 0 Å². The van der Waals surface area contributed by atoms with Crippen LogP contribution in [0.25, 0.3) is 0 Å². The molecule has 31 heavy (non-hydrogen) atoms. The molecule has 2 atom stereocenters. The highest BCUT2D eigenvalue weighted by molar-refractivity contribution is 6.05. The van der Waals surface area contributed by atoms with Gasteiger partial charge in [0.05, 0.1) is 6.10 Å². The molecule has 2 aromatic carbocycles. The maximum Gasteiger partial charge on any atom is 0.255 e. The first kappa shape index (κ1) is 25.9. The number of amides is 1. The van der Waals surface area contributed by atoms with Gasteiger partial charge in [-0.25, -0.2) is 8.78 Å². The number of piperidine rings is 1. The van der Waals surface area contributed by atoms with Gasteiger partial charge < -0.3 is 24.9 Å². The Hall–Kier alpha value is -3.13. The zero-order valence-electron chi connectivity index (χ0n) is 18.0. The van der Waals surface area contributed by atoms with Gasteiger partial charge in [-0.3, -0.25) is 4.79 Å². The molecule has 2 N–H and O–H groups in total. The Kier molecular flexibility index (Phi) is 9.95. The summed E-state index contributed by atoms with van der Waals surface area (Å²) in [4.78, 5) is 30.8. The lowest BCUT2D eigenvalue weighted by molar-refractivity contribution is -0.0987. The molecule has 8 heteroatoms. The van der Waals surface area contributed by atoms with Crippen molar-refractivity contribution in [1.82, 2.24) is 0 Å². The summed E-state index contributed by atoms with van der Waals surface area (Å²) >= 11 is 0. The average molecular weight is 434 g/mol. The highest BCUT2D eigenvalue weighted by atomic mass is 19.2. The van der Waals surface area contributed by atoms with E-state index in [0.29, 0.717) is 12.0 Å². The van der Waals surface area contributed by atoms with Crippen LogP contribution in [0.15, 0.2) is 30.3 Å². The van der Waals surface area contributed by atoms with E-state index in [1.165, 1.54) is 13.0 Å². The number of nitrogens with one attached hydrogen (secondary N) is 1. The Balaban J connectivity index is 0.00000113. The van der Waals surface area contributed by atoms with Gasteiger partial charge in [-0.05, 0) is 55.5 Å². The molecule has 0 bridgehead atoms. The second-order valence-corrected chi connectivity index (χ2v) is 7.32. The molecule has 0 saturated carbocycles. The molecule has 6 nitrogen and oxygen atoms in total. The number of aliphatic hydroxyl groups excluding tert-OH is 1. The van der Waals surface area contributed by atoms with E-state index in [0.717, 1.165) is 30.4 Å². The molecule has 2 unspecified atom stereocenters. The molecule has 0 radical (unpaired) electrons. The first-order valence-corrected chi connectivity index (χ1v) is 9.64. The number of carbonyl (C=O) groups excluding carboxylic acids is 3. The molecule has 1 amide bonds. The van der Waals surface area contributed by atoms with Crippen LogP contribution < -0.4 is 10.2 Å². The lowest BCUT2D eigenvalue weighted by Gasteiger charge is -2.36. The predicted molar refractivity (Wildman–Crippen MR) is 116 cm³/mol. The molecule has 0 spiro atoms. The maximum absolute atomic E-state index is 13.6. The Labute approximate surface area is 180 Å². The van der Waals surface area contributed by atoms with E-state index in [4.69, 9.17) is 9.59 Å². The molecule has 0 aromatic heterocycles. The van der Waals surface area contributed by atoms with Crippen LogP contribution in [0.5, 0.6) is 0 Å². The molecule has 1 saturated heterocycles. The molecule has 0 aliphatic carbocycles. The van der Waals surface area contributed by atoms with Gasteiger partial charge in [0.15, 0.2) is 11.6 Å². The predicted octanol–water partition coefficient (Wildman–Crippen LogP) is 3.67. The summed E-state index contributed by atoms with van der Waals surface area (Å²) in [5, 5.41) is 12.6. The lowest BCUT2D eigenvalue weighted by atomic mass is 9.95. The highest BCUT2D eigenvalue weighted by Crippen LogP contribution is 2.28. The Bertz CT molecular complexity index is 882. The Morgan fingerprint density at radius 3 is 2.32 bits per heavy atom. The summed E-state index contributed by atoms with van der Waals surface area (Å²) < 4.78 is 27.0. The van der Waals surface area contributed by atoms with Crippen LogP contribution in [-0.2, 0) is 9.59 Å². The van der Waals surface area contributed by atoms with Crippen molar-refractivity contribution in [2.24, 2.45) is 5.92 Å². The van der Waals surface area contributed by atoms with Gasteiger partial charge in [0.2, 0.25) is 0 Å². The van der Waals surface area contributed by atoms with Crippen molar-refractivity contribution < 1.29 is 28.3 Å². The number of aliphatic hydroxyl groups is 1. The number of anilines is 2. The van der Waals surface area contributed by atoms with Gasteiger partial charge >= 0.3 is 0 Å². The fourth-order valence-corrected chi connectivity index (χ4v) is 3.45. The second kappa shape index (κ2) is 11.9. The number of rotatable bonds is 3. The van der Waals surface area contributed by atoms with Crippen LogP contribution in [0.3, 0.4) is 0 Å². The number of carbonyl (C=O) groups is 3. The number of aryl methyl sites for hydroxylation is 2. The third-order valence-electron chi connectivity index (χ3n) is 5.14. The van der Waals surface area contributed by atoms with Crippen molar-refractivity contribution in [2.75, 3.05) is 23.3 Å². The molecular formula is C23H28F2N2O4. The molecule has 168 valence electrons. The van der Waals surface area contributed by atoms with Crippen LogP contribution in [0.4, 0.5) is 20.2 Å². The van der Waals surface area contributed by atoms with Crippen molar-refractivity contribution in [1.29, 1.82) is 0 Å². The fourth-order valence-electron chi connectivity index (χ4n) is 3.45. The van der Waals surface area contributed by atoms with E-state index in [-0.39, 0.29) is 29.2 Å². The van der Waals surface area contributed by atoms with Crippen molar-refractivity contribution in [3.05, 3.63) is 58.7 Å². The molecule has 1 aliphatic rings. The summed E-state index contributed by atoms with van der Waals surface area (Å²) in [5.41, 5.74) is 2.78.